The molecular weight excluding hydrogens is 223 g/mol. The van der Waals surface area contributed by atoms with Crippen molar-refractivity contribution in [2.75, 3.05) is 0 Å². The molecule has 16 heavy (non-hydrogen) atoms. The average molecular weight is 236 g/mol. The monoisotopic (exact) mass is 236 g/mol. The van der Waals surface area contributed by atoms with E-state index in [-0.39, 0.29) is 5.82 Å². The summed E-state index contributed by atoms with van der Waals surface area (Å²) in [5.74, 6) is -0.303. The largest absolute Gasteiger partial charge is 0.383 e. The highest BCUT2D eigenvalue weighted by Gasteiger charge is 2.15. The van der Waals surface area contributed by atoms with Gasteiger partial charge in [-0.3, -0.25) is 0 Å². The molecule has 0 bridgehead atoms. The summed E-state index contributed by atoms with van der Waals surface area (Å²) < 4.78 is 13.2. The molecule has 0 amide bonds. The van der Waals surface area contributed by atoms with Gasteiger partial charge >= 0.3 is 0 Å². The third kappa shape index (κ3) is 2.15. The molecule has 3 heteroatoms. The van der Waals surface area contributed by atoms with E-state index in [4.69, 9.17) is 0 Å². The van der Waals surface area contributed by atoms with E-state index >= 15 is 0 Å². The third-order valence-electron chi connectivity index (χ3n) is 2.53. The number of hydrogen-bond donors (Lipinski definition) is 1. The summed E-state index contributed by atoms with van der Waals surface area (Å²) in [6.07, 6.45) is -0.727. The van der Waals surface area contributed by atoms with Gasteiger partial charge in [-0.25, -0.2) is 4.39 Å². The first-order chi connectivity index (χ1) is 7.58. The van der Waals surface area contributed by atoms with Gasteiger partial charge in [-0.2, -0.15) is 0 Å². The van der Waals surface area contributed by atoms with E-state index in [1.807, 2.05) is 31.4 Å². The Bertz CT molecular complexity index is 484. The average Bonchev–Trinajstić information content (AvgIpc) is 2.62. The fourth-order valence-electron chi connectivity index (χ4n) is 1.74. The molecule has 0 radical (unpaired) electrons. The van der Waals surface area contributed by atoms with Crippen molar-refractivity contribution in [3.05, 3.63) is 57.0 Å². The van der Waals surface area contributed by atoms with Crippen molar-refractivity contribution in [3.8, 4) is 0 Å². The van der Waals surface area contributed by atoms with Crippen molar-refractivity contribution in [3.63, 3.8) is 0 Å². The second-order valence-corrected chi connectivity index (χ2v) is 4.88. The van der Waals surface area contributed by atoms with Gasteiger partial charge in [0.1, 0.15) is 11.9 Å². The summed E-state index contributed by atoms with van der Waals surface area (Å²) in [7, 11) is 0. The second kappa shape index (κ2) is 4.36. The zero-order valence-corrected chi connectivity index (χ0v) is 10.0. The summed E-state index contributed by atoms with van der Waals surface area (Å²) in [5.41, 5.74) is 2.48. The van der Waals surface area contributed by atoms with Crippen molar-refractivity contribution >= 4 is 11.3 Å². The Morgan fingerprint density at radius 3 is 2.56 bits per heavy atom. The highest BCUT2D eigenvalue weighted by Crippen LogP contribution is 2.29. The van der Waals surface area contributed by atoms with Gasteiger partial charge in [-0.1, -0.05) is 6.07 Å². The summed E-state index contributed by atoms with van der Waals surface area (Å²) >= 11 is 1.49. The first-order valence-corrected chi connectivity index (χ1v) is 5.95. The van der Waals surface area contributed by atoms with Gasteiger partial charge in [0.15, 0.2) is 0 Å². The maximum atomic E-state index is 13.2. The van der Waals surface area contributed by atoms with Gasteiger partial charge in [0.25, 0.3) is 0 Å². The third-order valence-corrected chi connectivity index (χ3v) is 3.60. The molecule has 0 saturated heterocycles. The quantitative estimate of drug-likeness (QED) is 0.845. The Hall–Kier alpha value is -1.19. The lowest BCUT2D eigenvalue weighted by molar-refractivity contribution is 0.223. The van der Waals surface area contributed by atoms with Crippen LogP contribution in [-0.2, 0) is 0 Å². The smallest absolute Gasteiger partial charge is 0.123 e. The molecule has 0 fully saturated rings. The molecule has 0 saturated carbocycles. The number of aryl methyl sites for hydroxylation is 2. The molecule has 1 aromatic heterocycles. The summed E-state index contributed by atoms with van der Waals surface area (Å²) in [5, 5.41) is 12.1. The highest BCUT2D eigenvalue weighted by atomic mass is 32.1. The van der Waals surface area contributed by atoms with E-state index in [2.05, 4.69) is 0 Å². The van der Waals surface area contributed by atoms with Crippen molar-refractivity contribution in [2.24, 2.45) is 0 Å². The van der Waals surface area contributed by atoms with Crippen LogP contribution in [0.2, 0.25) is 0 Å². The van der Waals surface area contributed by atoms with Crippen LogP contribution in [0.1, 0.15) is 27.7 Å². The lowest BCUT2D eigenvalue weighted by Crippen LogP contribution is -2.00. The molecule has 0 spiro atoms. The Morgan fingerprint density at radius 2 is 2.00 bits per heavy atom. The molecule has 1 nitrogen and oxygen atoms in total. The Kier molecular flexibility index (Phi) is 3.08. The SMILES string of the molecule is Cc1cc(F)cc(C(O)c2sccc2C)c1. The summed E-state index contributed by atoms with van der Waals surface area (Å²) in [4.78, 5) is 0.880. The molecule has 1 heterocycles. The summed E-state index contributed by atoms with van der Waals surface area (Å²) in [6.45, 7) is 3.77. The van der Waals surface area contributed by atoms with Crippen LogP contribution in [0.15, 0.2) is 29.6 Å². The molecule has 1 aromatic carbocycles. The number of thiophene rings is 1. The van der Waals surface area contributed by atoms with E-state index in [0.29, 0.717) is 5.56 Å². The van der Waals surface area contributed by atoms with E-state index < -0.39 is 6.10 Å². The second-order valence-electron chi connectivity index (χ2n) is 3.93. The molecule has 2 rings (SSSR count). The standard InChI is InChI=1S/C13H13FOS/c1-8-5-10(7-11(14)6-8)12(15)13-9(2)3-4-16-13/h3-7,12,15H,1-2H3. The van der Waals surface area contributed by atoms with Gasteiger partial charge in [-0.15, -0.1) is 11.3 Å². The molecule has 1 unspecified atom stereocenters. The van der Waals surface area contributed by atoms with E-state index in [9.17, 15) is 9.50 Å². The summed E-state index contributed by atoms with van der Waals surface area (Å²) in [6, 6.07) is 6.61. The van der Waals surface area contributed by atoms with Crippen LogP contribution in [0, 0.1) is 19.7 Å². The van der Waals surface area contributed by atoms with Crippen molar-refractivity contribution < 1.29 is 9.50 Å². The maximum Gasteiger partial charge on any atom is 0.123 e. The first-order valence-electron chi connectivity index (χ1n) is 5.07. The predicted molar refractivity (Wildman–Crippen MR) is 64.3 cm³/mol. The van der Waals surface area contributed by atoms with Crippen molar-refractivity contribution in [1.29, 1.82) is 0 Å². The molecule has 0 aliphatic heterocycles. The highest BCUT2D eigenvalue weighted by molar-refractivity contribution is 7.10. The zero-order chi connectivity index (χ0) is 11.7. The topological polar surface area (TPSA) is 20.2 Å². The van der Waals surface area contributed by atoms with Crippen molar-refractivity contribution in [2.45, 2.75) is 20.0 Å². The molecule has 1 N–H and O–H groups in total. The van der Waals surface area contributed by atoms with Gasteiger partial charge in [-0.05, 0) is 54.1 Å². The van der Waals surface area contributed by atoms with Crippen LogP contribution in [0.25, 0.3) is 0 Å². The molecule has 84 valence electrons. The number of rotatable bonds is 2. The zero-order valence-electron chi connectivity index (χ0n) is 9.20. The van der Waals surface area contributed by atoms with Gasteiger partial charge in [0.05, 0.1) is 0 Å². The molecule has 0 aliphatic carbocycles. The first kappa shape index (κ1) is 11.3. The fourth-order valence-corrected chi connectivity index (χ4v) is 2.68. The lowest BCUT2D eigenvalue weighted by Gasteiger charge is -2.11. The number of benzene rings is 1. The van der Waals surface area contributed by atoms with E-state index in [1.165, 1.54) is 23.5 Å². The predicted octanol–water partition coefficient (Wildman–Crippen LogP) is 3.59. The van der Waals surface area contributed by atoms with E-state index in [1.54, 1.807) is 0 Å². The minimum absolute atomic E-state index is 0.303. The van der Waals surface area contributed by atoms with Crippen LogP contribution < -0.4 is 0 Å². The van der Waals surface area contributed by atoms with Crippen molar-refractivity contribution in [1.82, 2.24) is 0 Å². The molecule has 0 aliphatic rings. The number of aliphatic hydroxyl groups is 1. The Morgan fingerprint density at radius 1 is 1.25 bits per heavy atom. The molecule has 1 atom stereocenters. The normalized spacial score (nSPS) is 12.8. The van der Waals surface area contributed by atoms with Crippen LogP contribution in [0.4, 0.5) is 4.39 Å². The number of halogens is 1. The number of aliphatic hydroxyl groups excluding tert-OH is 1. The molecular formula is C13H13FOS. The van der Waals surface area contributed by atoms with Crippen LogP contribution in [0.3, 0.4) is 0 Å². The van der Waals surface area contributed by atoms with Crippen LogP contribution >= 0.6 is 11.3 Å². The lowest BCUT2D eigenvalue weighted by atomic mass is 10.0. The van der Waals surface area contributed by atoms with E-state index in [0.717, 1.165) is 16.0 Å². The maximum absolute atomic E-state index is 13.2. The molecule has 2 aromatic rings. The van der Waals surface area contributed by atoms with Crippen LogP contribution in [-0.4, -0.2) is 5.11 Å². The Labute approximate surface area is 98.2 Å². The van der Waals surface area contributed by atoms with Gasteiger partial charge < -0.3 is 5.11 Å². The van der Waals surface area contributed by atoms with Crippen LogP contribution in [0.5, 0.6) is 0 Å². The minimum Gasteiger partial charge on any atom is -0.383 e. The number of hydrogen-bond acceptors (Lipinski definition) is 2. The minimum atomic E-state index is -0.727. The Balaban J connectivity index is 2.41. The fraction of sp³-hybridized carbons (Fsp3) is 0.231. The van der Waals surface area contributed by atoms with Gasteiger partial charge in [0, 0.05) is 4.88 Å². The van der Waals surface area contributed by atoms with Gasteiger partial charge in [0.2, 0.25) is 0 Å².